The summed E-state index contributed by atoms with van der Waals surface area (Å²) in [5, 5.41) is 19.7. The molecule has 2 amide bonds. The van der Waals surface area contributed by atoms with Crippen molar-refractivity contribution in [1.29, 1.82) is 0 Å². The number of halogens is 4. The van der Waals surface area contributed by atoms with Gasteiger partial charge in [-0.15, -0.1) is 36.6 Å². The van der Waals surface area contributed by atoms with Crippen molar-refractivity contribution in [2.24, 2.45) is 5.92 Å². The Morgan fingerprint density at radius 3 is 2.78 bits per heavy atom. The molecule has 1 aliphatic carbocycles. The summed E-state index contributed by atoms with van der Waals surface area (Å²) in [4.78, 5) is 33.8. The van der Waals surface area contributed by atoms with Crippen LogP contribution in [0.25, 0.3) is 10.9 Å². The molecule has 1 fully saturated rings. The fraction of sp³-hybridized carbons (Fsp3) is 0.333. The van der Waals surface area contributed by atoms with Crippen LogP contribution in [0.5, 0.6) is 0 Å². The highest BCUT2D eigenvalue weighted by atomic mass is 35.5. The molecule has 4 N–H and O–H groups in total. The van der Waals surface area contributed by atoms with Crippen molar-refractivity contribution in [2.45, 2.75) is 42.8 Å². The number of benzene rings is 1. The van der Waals surface area contributed by atoms with E-state index >= 15 is 0 Å². The number of thioether (sulfide) groups is 1. The van der Waals surface area contributed by atoms with Gasteiger partial charge in [-0.3, -0.25) is 14.6 Å². The van der Waals surface area contributed by atoms with E-state index in [0.717, 1.165) is 22.7 Å². The number of carbonyl (C=O) groups is 2. The van der Waals surface area contributed by atoms with E-state index in [9.17, 15) is 23.5 Å². The number of anilines is 2. The van der Waals surface area contributed by atoms with E-state index in [2.05, 4.69) is 25.9 Å². The molecule has 3 heterocycles. The van der Waals surface area contributed by atoms with E-state index in [1.54, 1.807) is 0 Å². The van der Waals surface area contributed by atoms with Crippen molar-refractivity contribution in [3.05, 3.63) is 53.9 Å². The molecule has 13 heteroatoms. The number of carbonyl (C=O) groups excluding carboxylic acids is 2. The van der Waals surface area contributed by atoms with Crippen LogP contribution in [0.15, 0.2) is 41.4 Å². The van der Waals surface area contributed by atoms with Crippen molar-refractivity contribution in [1.82, 2.24) is 15.3 Å². The molecule has 5 rings (SSSR count). The normalized spacial score (nSPS) is 20.7. The lowest BCUT2D eigenvalue weighted by Gasteiger charge is -2.33. The summed E-state index contributed by atoms with van der Waals surface area (Å²) in [7, 11) is 0. The number of amides is 2. The second-order valence-corrected chi connectivity index (χ2v) is 9.70. The Hall–Kier alpha value is -2.57. The number of aliphatic hydroxyl groups excluding tert-OH is 1. The third kappa shape index (κ3) is 6.47. The summed E-state index contributed by atoms with van der Waals surface area (Å²) in [6, 6.07) is 6.96. The fourth-order valence-corrected chi connectivity index (χ4v) is 5.24. The van der Waals surface area contributed by atoms with Crippen molar-refractivity contribution in [2.75, 3.05) is 16.4 Å². The number of rotatable bonds is 5. The van der Waals surface area contributed by atoms with Gasteiger partial charge < -0.3 is 21.1 Å². The topological polar surface area (TPSA) is 116 Å². The van der Waals surface area contributed by atoms with Gasteiger partial charge >= 0.3 is 0 Å². The number of aromatic nitrogens is 2. The van der Waals surface area contributed by atoms with E-state index in [1.165, 1.54) is 24.0 Å². The third-order valence-corrected chi connectivity index (χ3v) is 7.33. The highest BCUT2D eigenvalue weighted by molar-refractivity contribution is 8.00. The van der Waals surface area contributed by atoms with Crippen molar-refractivity contribution in [3.8, 4) is 0 Å². The number of nitrogens with one attached hydrogen (secondary N) is 3. The SMILES string of the molecule is Cl.Cl.O=C1CSc2ccc(CN[C@@H]3CC[C@@H](C(=O)Nc4ccnc5c(F)cc(F)cc45)C[C@H]3O)nc2N1. The molecule has 1 aliphatic heterocycles. The van der Waals surface area contributed by atoms with Crippen LogP contribution in [0.4, 0.5) is 20.3 Å². The first-order chi connectivity index (χ1) is 16.9. The maximum absolute atomic E-state index is 14.0. The molecule has 8 nitrogen and oxygen atoms in total. The maximum Gasteiger partial charge on any atom is 0.235 e. The molecule has 198 valence electrons. The maximum atomic E-state index is 14.0. The number of aliphatic hydroxyl groups is 1. The number of hydrogen-bond donors (Lipinski definition) is 4. The second-order valence-electron chi connectivity index (χ2n) is 8.68. The summed E-state index contributed by atoms with van der Waals surface area (Å²) in [5.41, 5.74) is 0.991. The van der Waals surface area contributed by atoms with Gasteiger partial charge in [-0.2, -0.15) is 0 Å². The quantitative estimate of drug-likeness (QED) is 0.365. The van der Waals surface area contributed by atoms with Crippen LogP contribution in [0, 0.1) is 17.6 Å². The Bertz CT molecular complexity index is 1320. The number of fused-ring (bicyclic) bond motifs is 2. The molecule has 1 aromatic carbocycles. The molecular formula is C24H25Cl2F2N5O3S. The van der Waals surface area contributed by atoms with Crippen LogP contribution in [0.3, 0.4) is 0 Å². The van der Waals surface area contributed by atoms with E-state index in [0.29, 0.717) is 31.0 Å². The molecule has 1 saturated carbocycles. The minimum atomic E-state index is -0.798. The molecule has 3 atom stereocenters. The first-order valence-electron chi connectivity index (χ1n) is 11.3. The summed E-state index contributed by atoms with van der Waals surface area (Å²) < 4.78 is 27.7. The monoisotopic (exact) mass is 571 g/mol. The Morgan fingerprint density at radius 1 is 1.19 bits per heavy atom. The van der Waals surface area contributed by atoms with E-state index in [-0.39, 0.29) is 65.7 Å². The zero-order chi connectivity index (χ0) is 24.5. The van der Waals surface area contributed by atoms with Gasteiger partial charge in [-0.05, 0) is 43.5 Å². The highest BCUT2D eigenvalue weighted by Crippen LogP contribution is 2.31. The van der Waals surface area contributed by atoms with Crippen LogP contribution in [0.1, 0.15) is 25.0 Å². The van der Waals surface area contributed by atoms with Crippen LogP contribution in [-0.4, -0.2) is 44.8 Å². The predicted molar refractivity (Wildman–Crippen MR) is 142 cm³/mol. The second kappa shape index (κ2) is 12.3. The third-order valence-electron chi connectivity index (χ3n) is 6.29. The minimum absolute atomic E-state index is 0. The number of nitrogens with zero attached hydrogens (tertiary/aromatic N) is 2. The summed E-state index contributed by atoms with van der Waals surface area (Å²) in [6.45, 7) is 0.409. The van der Waals surface area contributed by atoms with E-state index in [4.69, 9.17) is 0 Å². The standard InChI is InChI=1S/C24H23F2N5O3S.2ClH/c25-13-8-15-17(5-6-27-22(15)16(26)9-13)30-24(34)12-1-3-18(19(32)7-12)28-10-14-2-4-20-23(29-14)31-21(33)11-35-20;;/h2,4-6,8-9,12,18-19,28,32H,1,3,7,10-11H2,(H,27,30,34)(H,29,31,33);2*1H/t12-,18-,19-;;/m1../s1. The van der Waals surface area contributed by atoms with Gasteiger partial charge in [0.25, 0.3) is 0 Å². The zero-order valence-corrected chi connectivity index (χ0v) is 21.8. The molecule has 0 bridgehead atoms. The van der Waals surface area contributed by atoms with Gasteiger partial charge in [-0.25, -0.2) is 13.8 Å². The fourth-order valence-electron chi connectivity index (χ4n) is 4.48. The first kappa shape index (κ1) is 29.0. The predicted octanol–water partition coefficient (Wildman–Crippen LogP) is 4.05. The van der Waals surface area contributed by atoms with Gasteiger partial charge in [-0.1, -0.05) is 0 Å². The molecule has 2 aromatic heterocycles. The summed E-state index contributed by atoms with van der Waals surface area (Å²) in [5.74, 6) is -1.47. The molecule has 3 aromatic rings. The van der Waals surface area contributed by atoms with Crippen molar-refractivity contribution in [3.63, 3.8) is 0 Å². The smallest absolute Gasteiger partial charge is 0.235 e. The van der Waals surface area contributed by atoms with Crippen molar-refractivity contribution < 1.29 is 23.5 Å². The van der Waals surface area contributed by atoms with Crippen molar-refractivity contribution >= 4 is 70.8 Å². The van der Waals surface area contributed by atoms with Gasteiger partial charge in [0.2, 0.25) is 11.8 Å². The van der Waals surface area contributed by atoms with Gasteiger partial charge in [0, 0.05) is 36.2 Å². The molecule has 0 saturated heterocycles. The lowest BCUT2D eigenvalue weighted by molar-refractivity contribution is -0.122. The lowest BCUT2D eigenvalue weighted by Crippen LogP contribution is -2.46. The molecular weight excluding hydrogens is 547 g/mol. The van der Waals surface area contributed by atoms with Crippen LogP contribution in [-0.2, 0) is 16.1 Å². The average Bonchev–Trinajstić information content (AvgIpc) is 2.83. The van der Waals surface area contributed by atoms with Gasteiger partial charge in [0.1, 0.15) is 17.2 Å². The number of pyridine rings is 2. The van der Waals surface area contributed by atoms with Gasteiger partial charge in [0.15, 0.2) is 5.82 Å². The molecule has 2 aliphatic rings. The summed E-state index contributed by atoms with van der Waals surface area (Å²) in [6.07, 6.45) is 1.96. The highest BCUT2D eigenvalue weighted by Gasteiger charge is 2.33. The molecule has 0 radical (unpaired) electrons. The van der Waals surface area contributed by atoms with Gasteiger partial charge in [0.05, 0.1) is 28.1 Å². The first-order valence-corrected chi connectivity index (χ1v) is 12.2. The Kier molecular flexibility index (Phi) is 9.65. The molecule has 37 heavy (non-hydrogen) atoms. The Balaban J connectivity index is 0.00000190. The average molecular weight is 572 g/mol. The van der Waals surface area contributed by atoms with E-state index in [1.807, 2.05) is 12.1 Å². The Labute approximate surface area is 228 Å². The zero-order valence-electron chi connectivity index (χ0n) is 19.4. The molecule has 0 unspecified atom stereocenters. The Morgan fingerprint density at radius 2 is 2.00 bits per heavy atom. The lowest BCUT2D eigenvalue weighted by atomic mass is 9.83. The van der Waals surface area contributed by atoms with Crippen LogP contribution >= 0.6 is 36.6 Å². The minimum Gasteiger partial charge on any atom is -0.391 e. The number of hydrogen-bond acceptors (Lipinski definition) is 7. The van der Waals surface area contributed by atoms with Crippen LogP contribution in [0.2, 0.25) is 0 Å². The largest absolute Gasteiger partial charge is 0.391 e. The summed E-state index contributed by atoms with van der Waals surface area (Å²) >= 11 is 1.44. The van der Waals surface area contributed by atoms with Crippen LogP contribution < -0.4 is 16.0 Å². The molecule has 0 spiro atoms. The van der Waals surface area contributed by atoms with E-state index < -0.39 is 23.7 Å².